The highest BCUT2D eigenvalue weighted by Crippen LogP contribution is 2.29. The lowest BCUT2D eigenvalue weighted by Crippen LogP contribution is -2.08. The van der Waals surface area contributed by atoms with Gasteiger partial charge in [0.15, 0.2) is 11.6 Å². The van der Waals surface area contributed by atoms with Gasteiger partial charge < -0.3 is 14.4 Å². The molecule has 0 spiro atoms. The minimum Gasteiger partial charge on any atom is -0.454 e. The van der Waals surface area contributed by atoms with Gasteiger partial charge in [-0.2, -0.15) is 4.39 Å². The van der Waals surface area contributed by atoms with Crippen molar-refractivity contribution in [3.8, 4) is 17.2 Å². The van der Waals surface area contributed by atoms with Crippen LogP contribution in [0.4, 0.5) is 18.9 Å². The molecule has 2 aromatic rings. The van der Waals surface area contributed by atoms with E-state index in [1.807, 2.05) is 25.1 Å². The molecule has 0 aliphatic carbocycles. The third kappa shape index (κ3) is 4.28. The monoisotopic (exact) mass is 337 g/mol. The zero-order valence-electron chi connectivity index (χ0n) is 12.9. The summed E-state index contributed by atoms with van der Waals surface area (Å²) in [4.78, 5) is 12.9. The molecule has 0 atom stereocenters. The van der Waals surface area contributed by atoms with Crippen molar-refractivity contribution in [3.05, 3.63) is 60.4 Å². The molecule has 0 saturated heterocycles. The lowest BCUT2D eigenvalue weighted by Gasteiger charge is -2.14. The normalized spacial score (nSPS) is 11.1. The summed E-state index contributed by atoms with van der Waals surface area (Å²) < 4.78 is 48.5. The van der Waals surface area contributed by atoms with E-state index >= 15 is 0 Å². The minimum atomic E-state index is -1.71. The van der Waals surface area contributed by atoms with Gasteiger partial charge in [-0.25, -0.2) is 13.6 Å². The number of carbonyl (C=O) groups is 1. The van der Waals surface area contributed by atoms with Crippen LogP contribution < -0.4 is 14.4 Å². The van der Waals surface area contributed by atoms with Crippen LogP contribution in [0.1, 0.15) is 0 Å². The van der Waals surface area contributed by atoms with Crippen LogP contribution in [-0.2, 0) is 4.79 Å². The second kappa shape index (κ2) is 7.54. The molecule has 4 nitrogen and oxygen atoms in total. The van der Waals surface area contributed by atoms with Gasteiger partial charge in [0.2, 0.25) is 5.83 Å². The fraction of sp³-hybridized carbons (Fsp3) is 0.118. The van der Waals surface area contributed by atoms with E-state index in [0.29, 0.717) is 5.75 Å². The number of hydrogen-bond acceptors (Lipinski definition) is 4. The van der Waals surface area contributed by atoms with Crippen molar-refractivity contribution in [2.75, 3.05) is 19.0 Å². The fourth-order valence-electron chi connectivity index (χ4n) is 1.78. The van der Waals surface area contributed by atoms with Crippen molar-refractivity contribution in [2.45, 2.75) is 0 Å². The smallest absolute Gasteiger partial charge is 0.375 e. The second-order valence-corrected chi connectivity index (χ2v) is 4.93. The lowest BCUT2D eigenvalue weighted by atomic mass is 10.2. The molecule has 2 aromatic carbocycles. The molecule has 0 aliphatic heterocycles. The molecule has 0 amide bonds. The molecular weight excluding hydrogens is 323 g/mol. The Hall–Kier alpha value is -2.96. The van der Waals surface area contributed by atoms with E-state index in [2.05, 4.69) is 4.74 Å². The Kier molecular flexibility index (Phi) is 5.47. The van der Waals surface area contributed by atoms with Gasteiger partial charge in [-0.05, 0) is 24.3 Å². The van der Waals surface area contributed by atoms with Gasteiger partial charge in [-0.1, -0.05) is 6.07 Å². The molecule has 2 rings (SSSR count). The Morgan fingerprint density at radius 3 is 2.50 bits per heavy atom. The topological polar surface area (TPSA) is 38.8 Å². The largest absolute Gasteiger partial charge is 0.454 e. The SMILES string of the molecule is CN(C)c1cccc(Oc2ccc(OC(=O)C(F)=CF)cc2F)c1. The third-order valence-electron chi connectivity index (χ3n) is 2.97. The summed E-state index contributed by atoms with van der Waals surface area (Å²) in [5.41, 5.74) is 0.868. The number of esters is 1. The highest BCUT2D eigenvalue weighted by atomic mass is 19.2. The van der Waals surface area contributed by atoms with Crippen LogP contribution >= 0.6 is 0 Å². The first kappa shape index (κ1) is 17.4. The van der Waals surface area contributed by atoms with Crippen LogP contribution in [0.25, 0.3) is 0 Å². The number of hydrogen-bond donors (Lipinski definition) is 0. The fourth-order valence-corrected chi connectivity index (χ4v) is 1.78. The van der Waals surface area contributed by atoms with Crippen molar-refractivity contribution in [1.29, 1.82) is 0 Å². The summed E-state index contributed by atoms with van der Waals surface area (Å²) in [6, 6.07) is 10.3. The van der Waals surface area contributed by atoms with Crippen molar-refractivity contribution in [3.63, 3.8) is 0 Å². The van der Waals surface area contributed by atoms with Crippen molar-refractivity contribution >= 4 is 11.7 Å². The van der Waals surface area contributed by atoms with E-state index in [4.69, 9.17) is 4.74 Å². The number of anilines is 1. The highest BCUT2D eigenvalue weighted by molar-refractivity contribution is 5.87. The molecule has 126 valence electrons. The van der Waals surface area contributed by atoms with Crippen molar-refractivity contribution in [2.24, 2.45) is 0 Å². The van der Waals surface area contributed by atoms with Crippen LogP contribution in [0.3, 0.4) is 0 Å². The van der Waals surface area contributed by atoms with E-state index in [-0.39, 0.29) is 11.5 Å². The molecule has 0 fully saturated rings. The average Bonchev–Trinajstić information content (AvgIpc) is 2.56. The summed E-state index contributed by atoms with van der Waals surface area (Å²) >= 11 is 0. The molecular formula is C17H14F3NO3. The maximum atomic E-state index is 14.0. The van der Waals surface area contributed by atoms with Gasteiger partial charge in [0.05, 0.1) is 0 Å². The Labute approximate surface area is 136 Å². The zero-order valence-corrected chi connectivity index (χ0v) is 12.9. The Balaban J connectivity index is 2.15. The maximum absolute atomic E-state index is 14.0. The van der Waals surface area contributed by atoms with E-state index in [0.717, 1.165) is 11.8 Å². The average molecular weight is 337 g/mol. The Bertz CT molecular complexity index is 775. The summed E-state index contributed by atoms with van der Waals surface area (Å²) in [6.07, 6.45) is -0.534. The lowest BCUT2D eigenvalue weighted by molar-refractivity contribution is -0.131. The predicted molar refractivity (Wildman–Crippen MR) is 83.2 cm³/mol. The van der Waals surface area contributed by atoms with E-state index in [1.54, 1.807) is 18.2 Å². The first-order valence-electron chi connectivity index (χ1n) is 6.83. The summed E-state index contributed by atoms with van der Waals surface area (Å²) in [5.74, 6) is -4.05. The van der Waals surface area contributed by atoms with Gasteiger partial charge in [-0.15, -0.1) is 0 Å². The molecule has 0 saturated carbocycles. The molecule has 0 unspecified atom stereocenters. The van der Waals surface area contributed by atoms with Crippen LogP contribution in [-0.4, -0.2) is 20.1 Å². The minimum absolute atomic E-state index is 0.104. The van der Waals surface area contributed by atoms with Gasteiger partial charge in [0, 0.05) is 31.9 Å². The summed E-state index contributed by atoms with van der Waals surface area (Å²) in [7, 11) is 3.71. The molecule has 0 N–H and O–H groups in total. The highest BCUT2D eigenvalue weighted by Gasteiger charge is 2.14. The van der Waals surface area contributed by atoms with Crippen LogP contribution in [0.5, 0.6) is 17.2 Å². The molecule has 0 bridgehead atoms. The first-order chi connectivity index (χ1) is 11.4. The summed E-state index contributed by atoms with van der Waals surface area (Å²) in [5, 5.41) is 0. The molecule has 0 aliphatic rings. The first-order valence-corrected chi connectivity index (χ1v) is 6.83. The summed E-state index contributed by atoms with van der Waals surface area (Å²) in [6.45, 7) is 0. The molecule has 0 heterocycles. The molecule has 7 heteroatoms. The van der Waals surface area contributed by atoms with Crippen LogP contribution in [0.2, 0.25) is 0 Å². The molecule has 0 aromatic heterocycles. The van der Waals surface area contributed by atoms with E-state index in [9.17, 15) is 18.0 Å². The van der Waals surface area contributed by atoms with Gasteiger partial charge in [-0.3, -0.25) is 0 Å². The van der Waals surface area contributed by atoms with Gasteiger partial charge in [0.25, 0.3) is 0 Å². The number of rotatable bonds is 5. The Morgan fingerprint density at radius 2 is 1.88 bits per heavy atom. The van der Waals surface area contributed by atoms with E-state index < -0.39 is 23.9 Å². The van der Waals surface area contributed by atoms with Crippen molar-refractivity contribution < 1.29 is 27.4 Å². The number of benzene rings is 2. The quantitative estimate of drug-likeness (QED) is 0.461. The number of nitrogens with zero attached hydrogens (tertiary/aromatic N) is 1. The van der Waals surface area contributed by atoms with Crippen LogP contribution in [0, 0.1) is 5.82 Å². The Morgan fingerprint density at radius 1 is 1.12 bits per heavy atom. The predicted octanol–water partition coefficient (Wildman–Crippen LogP) is 4.37. The number of halogens is 3. The number of ether oxygens (including phenoxy) is 2. The second-order valence-electron chi connectivity index (χ2n) is 4.93. The van der Waals surface area contributed by atoms with E-state index in [1.165, 1.54) is 12.1 Å². The van der Waals surface area contributed by atoms with Gasteiger partial charge >= 0.3 is 5.97 Å². The van der Waals surface area contributed by atoms with Crippen molar-refractivity contribution in [1.82, 2.24) is 0 Å². The standard InChI is InChI=1S/C17H14F3NO3/c1-21(2)11-4-3-5-12(8-11)23-16-7-6-13(9-14(16)19)24-17(22)15(20)10-18/h3-10H,1-2H3. The van der Waals surface area contributed by atoms with Gasteiger partial charge in [0.1, 0.15) is 17.8 Å². The molecule has 24 heavy (non-hydrogen) atoms. The molecule has 0 radical (unpaired) electrons. The number of carbonyl (C=O) groups excluding carboxylic acids is 1. The van der Waals surface area contributed by atoms with Crippen LogP contribution in [0.15, 0.2) is 54.6 Å². The third-order valence-corrected chi connectivity index (χ3v) is 2.97. The maximum Gasteiger partial charge on any atom is 0.375 e. The zero-order chi connectivity index (χ0) is 17.7.